The van der Waals surface area contributed by atoms with Gasteiger partial charge in [0.2, 0.25) is 0 Å². The van der Waals surface area contributed by atoms with Gasteiger partial charge in [-0.05, 0) is 120 Å². The van der Waals surface area contributed by atoms with Gasteiger partial charge in [0, 0.05) is 27.6 Å². The SMILES string of the molecule is CCc1c(-c2ccccc2)cc(-c2ccc3c(c2)c2ccccc2c2cccc(-c4ccc5c(c4)c4ccccc4n5-c4ccc5ccccc5c4)c23)nc1-c1ccccc1. The maximum absolute atomic E-state index is 5.48. The fourth-order valence-electron chi connectivity index (χ4n) is 9.93. The molecule has 0 spiro atoms. The number of hydrogen-bond donors (Lipinski definition) is 0. The largest absolute Gasteiger partial charge is 0.309 e. The van der Waals surface area contributed by atoms with E-state index in [1.807, 2.05) is 0 Å². The van der Waals surface area contributed by atoms with Crippen molar-refractivity contribution in [2.24, 2.45) is 0 Å². The smallest absolute Gasteiger partial charge is 0.0747 e. The first-order chi connectivity index (χ1) is 30.2. The van der Waals surface area contributed by atoms with Gasteiger partial charge < -0.3 is 4.57 Å². The van der Waals surface area contributed by atoms with E-state index in [9.17, 15) is 0 Å². The van der Waals surface area contributed by atoms with Crippen LogP contribution in [0.4, 0.5) is 0 Å². The summed E-state index contributed by atoms with van der Waals surface area (Å²) in [6.45, 7) is 2.24. The van der Waals surface area contributed by atoms with E-state index in [1.165, 1.54) is 98.4 Å². The average Bonchev–Trinajstić information content (AvgIpc) is 3.67. The van der Waals surface area contributed by atoms with Gasteiger partial charge in [0.25, 0.3) is 0 Å². The van der Waals surface area contributed by atoms with Crippen LogP contribution >= 0.6 is 0 Å². The summed E-state index contributed by atoms with van der Waals surface area (Å²) >= 11 is 0. The van der Waals surface area contributed by atoms with Crippen LogP contribution in [0.15, 0.2) is 212 Å². The van der Waals surface area contributed by atoms with E-state index >= 15 is 0 Å². The number of pyridine rings is 1. The Hall–Kier alpha value is -7.81. The number of hydrogen-bond acceptors (Lipinski definition) is 1. The topological polar surface area (TPSA) is 17.8 Å². The highest BCUT2D eigenvalue weighted by Gasteiger charge is 2.19. The van der Waals surface area contributed by atoms with Crippen LogP contribution in [0.5, 0.6) is 0 Å². The molecule has 0 unspecified atom stereocenters. The van der Waals surface area contributed by atoms with Crippen molar-refractivity contribution in [2.75, 3.05) is 0 Å². The van der Waals surface area contributed by atoms with E-state index in [0.29, 0.717) is 0 Å². The Morgan fingerprint density at radius 2 is 1.00 bits per heavy atom. The number of rotatable bonds is 6. The van der Waals surface area contributed by atoms with Gasteiger partial charge in [0.15, 0.2) is 0 Å². The Balaban J connectivity index is 1.08. The molecule has 0 aliphatic carbocycles. The lowest BCUT2D eigenvalue weighted by atomic mass is 9.88. The van der Waals surface area contributed by atoms with Gasteiger partial charge in [-0.3, -0.25) is 0 Å². The third-order valence-electron chi connectivity index (χ3n) is 12.7. The molecule has 0 saturated carbocycles. The standard InChI is InChI=1S/C59H40N2/c1-2-45-52(39-17-5-3-6-18-39)37-55(60-59(45)40-19-7-4-8-20-40)43-29-32-51-53(36-43)48-23-12-11-22-47(48)50-26-15-25-46(58(50)51)42-30-33-57-54(35-42)49-24-13-14-27-56(49)61(57)44-31-28-38-16-9-10-21-41(38)34-44/h3-37H,2H2,1H3. The molecule has 0 bridgehead atoms. The molecule has 2 heterocycles. The highest BCUT2D eigenvalue weighted by molar-refractivity contribution is 6.29. The van der Waals surface area contributed by atoms with Crippen LogP contribution in [0.1, 0.15) is 12.5 Å². The summed E-state index contributed by atoms with van der Waals surface area (Å²) in [6, 6.07) is 77.7. The fraction of sp³-hybridized carbons (Fsp3) is 0.0339. The minimum Gasteiger partial charge on any atom is -0.309 e. The molecule has 0 saturated heterocycles. The van der Waals surface area contributed by atoms with Crippen molar-refractivity contribution >= 4 is 64.9 Å². The molecule has 286 valence electrons. The third kappa shape index (κ3) is 5.68. The number of fused-ring (bicyclic) bond motifs is 10. The highest BCUT2D eigenvalue weighted by atomic mass is 15.0. The quantitative estimate of drug-likeness (QED) is 0.154. The second kappa shape index (κ2) is 14.2. The Kier molecular flexibility index (Phi) is 8.18. The lowest BCUT2D eigenvalue weighted by Crippen LogP contribution is -1.99. The molecule has 61 heavy (non-hydrogen) atoms. The van der Waals surface area contributed by atoms with Crippen LogP contribution in [0.25, 0.3) is 115 Å². The van der Waals surface area contributed by atoms with Gasteiger partial charge in [0.1, 0.15) is 0 Å². The van der Waals surface area contributed by atoms with E-state index in [0.717, 1.165) is 28.9 Å². The molecule has 2 aromatic heterocycles. The fourth-order valence-corrected chi connectivity index (χ4v) is 9.93. The van der Waals surface area contributed by atoms with Crippen molar-refractivity contribution in [1.82, 2.24) is 9.55 Å². The van der Waals surface area contributed by atoms with Crippen molar-refractivity contribution in [3.63, 3.8) is 0 Å². The summed E-state index contributed by atoms with van der Waals surface area (Å²) in [6.07, 6.45) is 0.884. The molecule has 2 nitrogen and oxygen atoms in total. The van der Waals surface area contributed by atoms with Crippen molar-refractivity contribution in [2.45, 2.75) is 13.3 Å². The summed E-state index contributed by atoms with van der Waals surface area (Å²) < 4.78 is 2.42. The van der Waals surface area contributed by atoms with E-state index in [2.05, 4.69) is 224 Å². The van der Waals surface area contributed by atoms with Crippen molar-refractivity contribution in [1.29, 1.82) is 0 Å². The van der Waals surface area contributed by atoms with E-state index in [1.54, 1.807) is 0 Å². The molecule has 0 atom stereocenters. The molecule has 0 aliphatic rings. The third-order valence-corrected chi connectivity index (χ3v) is 12.7. The molecule has 12 rings (SSSR count). The molecule has 12 aromatic rings. The van der Waals surface area contributed by atoms with Gasteiger partial charge >= 0.3 is 0 Å². The molecular formula is C59H40N2. The van der Waals surface area contributed by atoms with Crippen LogP contribution in [0.2, 0.25) is 0 Å². The van der Waals surface area contributed by atoms with E-state index in [4.69, 9.17) is 4.98 Å². The Labute approximate surface area is 354 Å². The molecule has 0 radical (unpaired) electrons. The maximum Gasteiger partial charge on any atom is 0.0747 e. The molecule has 0 N–H and O–H groups in total. The number of para-hydroxylation sites is 1. The summed E-state index contributed by atoms with van der Waals surface area (Å²) in [5, 5.41) is 12.5. The average molecular weight is 777 g/mol. The highest BCUT2D eigenvalue weighted by Crippen LogP contribution is 2.44. The van der Waals surface area contributed by atoms with Crippen LogP contribution in [0.3, 0.4) is 0 Å². The van der Waals surface area contributed by atoms with E-state index in [-0.39, 0.29) is 0 Å². The first kappa shape index (κ1) is 35.2. The summed E-state index contributed by atoms with van der Waals surface area (Å²) in [4.78, 5) is 5.48. The van der Waals surface area contributed by atoms with Gasteiger partial charge in [-0.1, -0.05) is 177 Å². The van der Waals surface area contributed by atoms with Gasteiger partial charge in [-0.15, -0.1) is 0 Å². The van der Waals surface area contributed by atoms with Crippen LogP contribution < -0.4 is 0 Å². The first-order valence-corrected chi connectivity index (χ1v) is 21.3. The second-order valence-electron chi connectivity index (χ2n) is 16.1. The Morgan fingerprint density at radius 3 is 1.80 bits per heavy atom. The molecule has 0 fully saturated rings. The van der Waals surface area contributed by atoms with Crippen LogP contribution in [-0.2, 0) is 6.42 Å². The summed E-state index contributed by atoms with van der Waals surface area (Å²) in [5.41, 5.74) is 14.0. The zero-order chi connectivity index (χ0) is 40.4. The maximum atomic E-state index is 5.48. The van der Waals surface area contributed by atoms with Crippen molar-refractivity contribution in [3.8, 4) is 50.5 Å². The number of aromatic nitrogens is 2. The first-order valence-electron chi connectivity index (χ1n) is 21.3. The predicted octanol–water partition coefficient (Wildman–Crippen LogP) is 16.0. The number of benzene rings is 10. The van der Waals surface area contributed by atoms with Gasteiger partial charge in [-0.2, -0.15) is 0 Å². The summed E-state index contributed by atoms with van der Waals surface area (Å²) in [7, 11) is 0. The minimum atomic E-state index is 0.884. The molecule has 2 heteroatoms. The molecule has 0 aliphatic heterocycles. The monoisotopic (exact) mass is 776 g/mol. The summed E-state index contributed by atoms with van der Waals surface area (Å²) in [5.74, 6) is 0. The van der Waals surface area contributed by atoms with Crippen molar-refractivity contribution in [3.05, 3.63) is 218 Å². The Bertz CT molecular complexity index is 3610. The minimum absolute atomic E-state index is 0.884. The zero-order valence-electron chi connectivity index (χ0n) is 33.8. The zero-order valence-corrected chi connectivity index (χ0v) is 33.8. The molecule has 10 aromatic carbocycles. The second-order valence-corrected chi connectivity index (χ2v) is 16.1. The lowest BCUT2D eigenvalue weighted by molar-refractivity contribution is 1.11. The molecule has 0 amide bonds. The number of nitrogens with zero attached hydrogens (tertiary/aromatic N) is 2. The molecular weight excluding hydrogens is 737 g/mol. The predicted molar refractivity (Wildman–Crippen MR) is 260 cm³/mol. The van der Waals surface area contributed by atoms with Gasteiger partial charge in [-0.25, -0.2) is 4.98 Å². The van der Waals surface area contributed by atoms with Crippen LogP contribution in [0, 0.1) is 0 Å². The normalized spacial score (nSPS) is 11.8. The van der Waals surface area contributed by atoms with E-state index < -0.39 is 0 Å². The van der Waals surface area contributed by atoms with Crippen LogP contribution in [-0.4, -0.2) is 9.55 Å². The van der Waals surface area contributed by atoms with Crippen molar-refractivity contribution < 1.29 is 0 Å². The Morgan fingerprint density at radius 1 is 0.377 bits per heavy atom. The lowest BCUT2D eigenvalue weighted by Gasteiger charge is -2.18. The van der Waals surface area contributed by atoms with Gasteiger partial charge in [0.05, 0.1) is 22.4 Å².